The van der Waals surface area contributed by atoms with E-state index in [1.54, 1.807) is 12.1 Å². The second-order valence-electron chi connectivity index (χ2n) is 5.71. The van der Waals surface area contributed by atoms with Gasteiger partial charge in [0, 0.05) is 6.26 Å². The molecule has 0 unspecified atom stereocenters. The number of nitrogens with two attached hydrogens (primary N) is 1. The molecule has 1 aromatic carbocycles. The molecule has 0 atom stereocenters. The Morgan fingerprint density at radius 2 is 1.83 bits per heavy atom. The van der Waals surface area contributed by atoms with Gasteiger partial charge in [0.15, 0.2) is 9.84 Å². The van der Waals surface area contributed by atoms with Gasteiger partial charge in [0.25, 0.3) is 0 Å². The Morgan fingerprint density at radius 3 is 2.35 bits per heavy atom. The van der Waals surface area contributed by atoms with Crippen molar-refractivity contribution in [3.8, 4) is 5.75 Å². The fourth-order valence-electron chi connectivity index (χ4n) is 2.53. The highest BCUT2D eigenvalue weighted by molar-refractivity contribution is 7.90. The van der Waals surface area contributed by atoms with E-state index in [9.17, 15) is 13.2 Å². The lowest BCUT2D eigenvalue weighted by Crippen LogP contribution is -2.52. The lowest BCUT2D eigenvalue weighted by molar-refractivity contribution is -0.126. The average Bonchev–Trinajstić information content (AvgIpc) is 2.91. The third-order valence-electron chi connectivity index (χ3n) is 3.86. The van der Waals surface area contributed by atoms with E-state index >= 15 is 0 Å². The van der Waals surface area contributed by atoms with Crippen LogP contribution in [0.25, 0.3) is 0 Å². The van der Waals surface area contributed by atoms with Gasteiger partial charge in [-0.1, -0.05) is 12.8 Å². The average molecular weight is 363 g/mol. The molecule has 1 saturated carbocycles. The molecule has 3 N–H and O–H groups in total. The molecule has 1 aliphatic carbocycles. The van der Waals surface area contributed by atoms with Gasteiger partial charge in [0.2, 0.25) is 5.91 Å². The van der Waals surface area contributed by atoms with Crippen LogP contribution in [0.4, 0.5) is 0 Å². The van der Waals surface area contributed by atoms with Crippen molar-refractivity contribution in [2.45, 2.75) is 36.1 Å². The number of carbonyl (C=O) groups excluding carboxylic acids is 1. The fourth-order valence-corrected chi connectivity index (χ4v) is 3.16. The van der Waals surface area contributed by atoms with Crippen LogP contribution in [0, 0.1) is 0 Å². The summed E-state index contributed by atoms with van der Waals surface area (Å²) in [5.74, 6) is 0.436. The summed E-state index contributed by atoms with van der Waals surface area (Å²) in [5.41, 5.74) is 5.32. The maximum absolute atomic E-state index is 12.0. The first-order valence-electron chi connectivity index (χ1n) is 7.31. The SMILES string of the molecule is CS(=O)(=O)c1ccc(OCCNC(=O)C2(N)CCCC2)cc1.Cl. The van der Waals surface area contributed by atoms with Crippen LogP contribution in [-0.2, 0) is 14.6 Å². The monoisotopic (exact) mass is 362 g/mol. The number of nitrogens with one attached hydrogen (secondary N) is 1. The topological polar surface area (TPSA) is 98.5 Å². The van der Waals surface area contributed by atoms with Crippen molar-refractivity contribution in [1.29, 1.82) is 0 Å². The van der Waals surface area contributed by atoms with E-state index in [4.69, 9.17) is 10.5 Å². The number of halogens is 1. The highest BCUT2D eigenvalue weighted by Crippen LogP contribution is 2.27. The molecule has 0 radical (unpaired) electrons. The molecule has 6 nitrogen and oxygen atoms in total. The van der Waals surface area contributed by atoms with Gasteiger partial charge in [-0.2, -0.15) is 0 Å². The Hall–Kier alpha value is -1.31. The van der Waals surface area contributed by atoms with Crippen molar-refractivity contribution in [3.05, 3.63) is 24.3 Å². The Balaban J connectivity index is 0.00000264. The van der Waals surface area contributed by atoms with Crippen LogP contribution in [0.15, 0.2) is 29.2 Å². The van der Waals surface area contributed by atoms with Gasteiger partial charge in [0.05, 0.1) is 17.0 Å². The van der Waals surface area contributed by atoms with Crippen molar-refractivity contribution in [3.63, 3.8) is 0 Å². The van der Waals surface area contributed by atoms with E-state index in [1.165, 1.54) is 12.1 Å². The van der Waals surface area contributed by atoms with E-state index in [0.29, 0.717) is 18.9 Å². The zero-order valence-electron chi connectivity index (χ0n) is 13.1. The van der Waals surface area contributed by atoms with Crippen molar-refractivity contribution >= 4 is 28.2 Å². The number of ether oxygens (including phenoxy) is 1. The molecule has 8 heteroatoms. The van der Waals surface area contributed by atoms with Crippen LogP contribution < -0.4 is 15.8 Å². The molecule has 0 heterocycles. The predicted octanol–water partition coefficient (Wildman–Crippen LogP) is 1.28. The highest BCUT2D eigenvalue weighted by Gasteiger charge is 2.36. The summed E-state index contributed by atoms with van der Waals surface area (Å²) < 4.78 is 28.1. The Morgan fingerprint density at radius 1 is 1.26 bits per heavy atom. The van der Waals surface area contributed by atoms with Gasteiger partial charge in [0.1, 0.15) is 12.4 Å². The normalized spacial score (nSPS) is 16.4. The summed E-state index contributed by atoms with van der Waals surface area (Å²) in [4.78, 5) is 12.2. The van der Waals surface area contributed by atoms with Gasteiger partial charge in [-0.3, -0.25) is 4.79 Å². The number of hydrogen-bond acceptors (Lipinski definition) is 5. The number of benzene rings is 1. The Bertz CT molecular complexity index is 625. The van der Waals surface area contributed by atoms with Crippen molar-refractivity contribution < 1.29 is 17.9 Å². The summed E-state index contributed by atoms with van der Waals surface area (Å²) in [7, 11) is -3.20. The third-order valence-corrected chi connectivity index (χ3v) is 4.98. The van der Waals surface area contributed by atoms with Gasteiger partial charge >= 0.3 is 0 Å². The molecule has 23 heavy (non-hydrogen) atoms. The highest BCUT2D eigenvalue weighted by atomic mass is 35.5. The lowest BCUT2D eigenvalue weighted by atomic mass is 9.98. The number of amides is 1. The molecule has 0 bridgehead atoms. The van der Waals surface area contributed by atoms with Crippen LogP contribution in [0.3, 0.4) is 0 Å². The molecular weight excluding hydrogens is 340 g/mol. The molecule has 0 spiro atoms. The van der Waals surface area contributed by atoms with Gasteiger partial charge in [-0.15, -0.1) is 12.4 Å². The first-order valence-corrected chi connectivity index (χ1v) is 9.20. The molecule has 1 fully saturated rings. The maximum atomic E-state index is 12.0. The molecule has 1 aliphatic rings. The molecule has 1 amide bonds. The minimum Gasteiger partial charge on any atom is -0.492 e. The maximum Gasteiger partial charge on any atom is 0.240 e. The fraction of sp³-hybridized carbons (Fsp3) is 0.533. The standard InChI is InChI=1S/C15H22N2O4S.ClH/c1-22(19,20)13-6-4-12(5-7-13)21-11-10-17-14(18)15(16)8-2-3-9-15;/h4-7H,2-3,8-11,16H2,1H3,(H,17,18);1H. The van der Waals surface area contributed by atoms with Crippen LogP contribution in [0.2, 0.25) is 0 Å². The first-order chi connectivity index (χ1) is 10.3. The van der Waals surface area contributed by atoms with E-state index in [1.807, 2.05) is 0 Å². The minimum absolute atomic E-state index is 0. The van der Waals surface area contributed by atoms with Crippen molar-refractivity contribution in [1.82, 2.24) is 5.32 Å². The molecule has 0 aromatic heterocycles. The van der Waals surface area contributed by atoms with E-state index in [2.05, 4.69) is 5.32 Å². The van der Waals surface area contributed by atoms with E-state index in [-0.39, 0.29) is 23.2 Å². The summed E-state index contributed by atoms with van der Waals surface area (Å²) in [6, 6.07) is 6.19. The van der Waals surface area contributed by atoms with Crippen LogP contribution in [0.5, 0.6) is 5.75 Å². The smallest absolute Gasteiger partial charge is 0.240 e. The molecule has 0 aliphatic heterocycles. The van der Waals surface area contributed by atoms with E-state index in [0.717, 1.165) is 31.9 Å². The quantitative estimate of drug-likeness (QED) is 0.743. The lowest BCUT2D eigenvalue weighted by Gasteiger charge is -2.22. The number of carbonyl (C=O) groups is 1. The Kier molecular flexibility index (Phi) is 6.85. The van der Waals surface area contributed by atoms with Gasteiger partial charge < -0.3 is 15.8 Å². The largest absolute Gasteiger partial charge is 0.492 e. The minimum atomic E-state index is -3.20. The third kappa shape index (κ3) is 5.37. The first kappa shape index (κ1) is 19.7. The molecule has 130 valence electrons. The number of sulfone groups is 1. The Labute approximate surface area is 143 Å². The van der Waals surface area contributed by atoms with Crippen LogP contribution in [0.1, 0.15) is 25.7 Å². The molecule has 0 saturated heterocycles. The van der Waals surface area contributed by atoms with Crippen LogP contribution in [-0.4, -0.2) is 39.3 Å². The van der Waals surface area contributed by atoms with Gasteiger partial charge in [-0.25, -0.2) is 8.42 Å². The molecule has 2 rings (SSSR count). The summed E-state index contributed by atoms with van der Waals surface area (Å²) in [6.45, 7) is 0.672. The molecule has 1 aromatic rings. The van der Waals surface area contributed by atoms with Crippen LogP contribution >= 0.6 is 12.4 Å². The molecular formula is C15H23ClN2O4S. The second-order valence-corrected chi connectivity index (χ2v) is 7.73. The zero-order chi connectivity index (χ0) is 16.2. The summed E-state index contributed by atoms with van der Waals surface area (Å²) >= 11 is 0. The van der Waals surface area contributed by atoms with Gasteiger partial charge in [-0.05, 0) is 37.1 Å². The van der Waals surface area contributed by atoms with Crippen molar-refractivity contribution in [2.75, 3.05) is 19.4 Å². The predicted molar refractivity (Wildman–Crippen MR) is 90.7 cm³/mol. The second kappa shape index (κ2) is 7.99. The summed E-state index contributed by atoms with van der Waals surface area (Å²) in [5, 5.41) is 2.79. The summed E-state index contributed by atoms with van der Waals surface area (Å²) in [6.07, 6.45) is 4.60. The zero-order valence-corrected chi connectivity index (χ0v) is 14.7. The van der Waals surface area contributed by atoms with Crippen molar-refractivity contribution in [2.24, 2.45) is 5.73 Å². The van der Waals surface area contributed by atoms with E-state index < -0.39 is 15.4 Å². The number of rotatable bonds is 6. The number of hydrogen-bond donors (Lipinski definition) is 2.